The fraction of sp³-hybridized carbons (Fsp3) is 0.167. The van der Waals surface area contributed by atoms with Crippen molar-refractivity contribution in [3.63, 3.8) is 0 Å². The Morgan fingerprint density at radius 2 is 2.00 bits per heavy atom. The molecule has 96 valence electrons. The van der Waals surface area contributed by atoms with E-state index in [1.807, 2.05) is 0 Å². The molecule has 1 rings (SSSR count). The number of ether oxygens (including phenoxy) is 1. The van der Waals surface area contributed by atoms with Gasteiger partial charge in [0.05, 0.1) is 3.57 Å². The largest absolute Gasteiger partial charge is 0.574 e. The minimum Gasteiger partial charge on any atom is -0.388 e. The molecular formula is C6HBrClF3INO3S. The van der Waals surface area contributed by atoms with Gasteiger partial charge in [-0.3, -0.25) is 0 Å². The molecular weight excluding hydrogens is 465 g/mol. The second-order valence-electron chi connectivity index (χ2n) is 2.55. The lowest BCUT2D eigenvalue weighted by Gasteiger charge is -2.10. The Kier molecular flexibility index (Phi) is 4.53. The summed E-state index contributed by atoms with van der Waals surface area (Å²) in [4.78, 5) is 3.19. The first-order valence-electron chi connectivity index (χ1n) is 3.57. The first-order valence-corrected chi connectivity index (χ1v) is 7.75. The van der Waals surface area contributed by atoms with Gasteiger partial charge in [0.15, 0.2) is 5.03 Å². The number of rotatable bonds is 2. The van der Waals surface area contributed by atoms with Gasteiger partial charge in [-0.1, -0.05) is 0 Å². The average Bonchev–Trinajstić information content (AvgIpc) is 2.06. The normalized spacial score (nSPS) is 12.6. The Balaban J connectivity index is 3.35. The third kappa shape index (κ3) is 4.41. The van der Waals surface area contributed by atoms with Gasteiger partial charge in [-0.05, 0) is 38.5 Å². The molecule has 4 nitrogen and oxygen atoms in total. The molecule has 0 radical (unpaired) electrons. The van der Waals surface area contributed by atoms with Crippen LogP contribution in [0.4, 0.5) is 13.2 Å². The Morgan fingerprint density at radius 1 is 1.47 bits per heavy atom. The van der Waals surface area contributed by atoms with Crippen LogP contribution in [0, 0.1) is 3.57 Å². The molecule has 0 aliphatic carbocycles. The van der Waals surface area contributed by atoms with Crippen molar-refractivity contribution in [1.29, 1.82) is 0 Å². The Labute approximate surface area is 120 Å². The lowest BCUT2D eigenvalue weighted by Crippen LogP contribution is -2.18. The number of hydrogen-bond acceptors (Lipinski definition) is 4. The fourth-order valence-corrected chi connectivity index (χ4v) is 3.70. The molecule has 0 saturated heterocycles. The zero-order chi connectivity index (χ0) is 13.4. The van der Waals surface area contributed by atoms with E-state index in [9.17, 15) is 21.6 Å². The van der Waals surface area contributed by atoms with E-state index in [2.05, 4.69) is 25.7 Å². The van der Waals surface area contributed by atoms with E-state index in [1.54, 1.807) is 22.6 Å². The first-order chi connectivity index (χ1) is 7.50. The molecule has 0 amide bonds. The Morgan fingerprint density at radius 3 is 2.41 bits per heavy atom. The third-order valence-corrected chi connectivity index (χ3v) is 5.33. The van der Waals surface area contributed by atoms with Crippen LogP contribution in [-0.4, -0.2) is 19.8 Å². The molecule has 0 fully saturated rings. The molecule has 0 aliphatic heterocycles. The van der Waals surface area contributed by atoms with Gasteiger partial charge in [0.1, 0.15) is 0 Å². The number of nitrogens with zero attached hydrogens (tertiary/aromatic N) is 1. The van der Waals surface area contributed by atoms with Gasteiger partial charge < -0.3 is 4.74 Å². The van der Waals surface area contributed by atoms with Crippen molar-refractivity contribution in [2.45, 2.75) is 11.4 Å². The fourth-order valence-electron chi connectivity index (χ4n) is 0.788. The van der Waals surface area contributed by atoms with Crippen LogP contribution in [0.5, 0.6) is 5.88 Å². The van der Waals surface area contributed by atoms with Gasteiger partial charge in [0.25, 0.3) is 9.05 Å². The van der Waals surface area contributed by atoms with E-state index < -0.39 is 26.3 Å². The number of alkyl halides is 3. The zero-order valence-electron chi connectivity index (χ0n) is 7.43. The van der Waals surface area contributed by atoms with Crippen molar-refractivity contribution in [3.05, 3.63) is 14.1 Å². The molecule has 0 atom stereocenters. The van der Waals surface area contributed by atoms with Gasteiger partial charge in [0.2, 0.25) is 5.88 Å². The number of pyridine rings is 1. The van der Waals surface area contributed by atoms with Crippen molar-refractivity contribution in [3.8, 4) is 5.88 Å². The van der Waals surface area contributed by atoms with Gasteiger partial charge >= 0.3 is 6.36 Å². The number of hydrogen-bond donors (Lipinski definition) is 0. The zero-order valence-corrected chi connectivity index (χ0v) is 12.7. The lowest BCUT2D eigenvalue weighted by molar-refractivity contribution is -0.276. The van der Waals surface area contributed by atoms with Crippen LogP contribution in [0.3, 0.4) is 0 Å². The van der Waals surface area contributed by atoms with Crippen LogP contribution >= 0.6 is 49.2 Å². The van der Waals surface area contributed by atoms with E-state index >= 15 is 0 Å². The highest BCUT2D eigenvalue weighted by Crippen LogP contribution is 2.32. The van der Waals surface area contributed by atoms with Crippen LogP contribution in [0.1, 0.15) is 0 Å². The minimum absolute atomic E-state index is 0.0622. The number of halogens is 6. The van der Waals surface area contributed by atoms with Crippen molar-refractivity contribution < 1.29 is 26.3 Å². The van der Waals surface area contributed by atoms with E-state index in [4.69, 9.17) is 10.7 Å². The van der Waals surface area contributed by atoms with Crippen LogP contribution in [0.15, 0.2) is 15.6 Å². The molecule has 1 heterocycles. The third-order valence-electron chi connectivity index (χ3n) is 1.31. The molecule has 0 aromatic carbocycles. The molecule has 11 heteroatoms. The number of aromatic nitrogens is 1. The summed E-state index contributed by atoms with van der Waals surface area (Å²) < 4.78 is 61.6. The second kappa shape index (κ2) is 5.05. The Hall–Kier alpha value is 0.190. The summed E-state index contributed by atoms with van der Waals surface area (Å²) in [6.45, 7) is 0. The van der Waals surface area contributed by atoms with E-state index in [0.717, 1.165) is 6.07 Å². The highest BCUT2D eigenvalue weighted by molar-refractivity contribution is 14.1. The highest BCUT2D eigenvalue weighted by Gasteiger charge is 2.33. The summed E-state index contributed by atoms with van der Waals surface area (Å²) in [5, 5.41) is -0.701. The second-order valence-corrected chi connectivity index (χ2v) is 6.96. The van der Waals surface area contributed by atoms with Gasteiger partial charge in [-0.2, -0.15) is 4.98 Å². The minimum atomic E-state index is -4.97. The summed E-state index contributed by atoms with van der Waals surface area (Å²) in [7, 11) is 0.768. The van der Waals surface area contributed by atoms with Crippen LogP contribution in [0.2, 0.25) is 0 Å². The van der Waals surface area contributed by atoms with E-state index in [-0.39, 0.29) is 8.04 Å². The Bertz CT molecular complexity index is 550. The maximum absolute atomic E-state index is 11.9. The standard InChI is InChI=1S/C6HBrClF3INO3S/c7-2-1-3(16-6(9,10)11)13-5(4(2)12)17(8,14)15/h1H. The monoisotopic (exact) mass is 465 g/mol. The van der Waals surface area contributed by atoms with Gasteiger partial charge in [-0.25, -0.2) is 8.42 Å². The van der Waals surface area contributed by atoms with Crippen LogP contribution in [-0.2, 0) is 9.05 Å². The van der Waals surface area contributed by atoms with Gasteiger partial charge in [0, 0.05) is 21.2 Å². The first kappa shape index (κ1) is 15.2. The molecule has 0 bridgehead atoms. The van der Waals surface area contributed by atoms with E-state index in [1.165, 1.54) is 0 Å². The molecule has 0 N–H and O–H groups in total. The maximum atomic E-state index is 11.9. The quantitative estimate of drug-likeness (QED) is 0.496. The summed E-state index contributed by atoms with van der Waals surface area (Å²) >= 11 is 4.45. The predicted molar refractivity (Wildman–Crippen MR) is 64.4 cm³/mol. The predicted octanol–water partition coefficient (Wildman–Crippen LogP) is 3.27. The van der Waals surface area contributed by atoms with Crippen LogP contribution in [0.25, 0.3) is 0 Å². The summed E-state index contributed by atoms with van der Waals surface area (Å²) in [6.07, 6.45) is -4.97. The molecule has 1 aromatic rings. The van der Waals surface area contributed by atoms with Gasteiger partial charge in [-0.15, -0.1) is 13.2 Å². The van der Waals surface area contributed by atoms with Crippen molar-refractivity contribution >= 4 is 58.3 Å². The SMILES string of the molecule is O=S(=O)(Cl)c1nc(OC(F)(F)F)cc(Br)c1I. The molecule has 0 saturated carbocycles. The smallest absolute Gasteiger partial charge is 0.388 e. The summed E-state index contributed by atoms with van der Waals surface area (Å²) in [5.41, 5.74) is 0. The topological polar surface area (TPSA) is 56.3 Å². The summed E-state index contributed by atoms with van der Waals surface area (Å²) in [6, 6.07) is 0.890. The molecule has 1 aromatic heterocycles. The molecule has 17 heavy (non-hydrogen) atoms. The maximum Gasteiger partial charge on any atom is 0.574 e. The van der Waals surface area contributed by atoms with Crippen molar-refractivity contribution in [2.24, 2.45) is 0 Å². The highest BCUT2D eigenvalue weighted by atomic mass is 127. The summed E-state index contributed by atoms with van der Waals surface area (Å²) in [5.74, 6) is -0.913. The average molecular weight is 466 g/mol. The molecule has 0 unspecified atom stereocenters. The lowest BCUT2D eigenvalue weighted by atomic mass is 10.5. The molecule has 0 spiro atoms. The van der Waals surface area contributed by atoms with E-state index in [0.29, 0.717) is 0 Å². The molecule has 0 aliphatic rings. The van der Waals surface area contributed by atoms with Crippen molar-refractivity contribution in [2.75, 3.05) is 0 Å². The van der Waals surface area contributed by atoms with Crippen LogP contribution < -0.4 is 4.74 Å². The van der Waals surface area contributed by atoms with Crippen molar-refractivity contribution in [1.82, 2.24) is 4.98 Å².